The summed E-state index contributed by atoms with van der Waals surface area (Å²) in [4.78, 5) is 25.7. The van der Waals surface area contributed by atoms with Crippen molar-refractivity contribution in [3.63, 3.8) is 0 Å². The monoisotopic (exact) mass is 288 g/mol. The van der Waals surface area contributed by atoms with Crippen LogP contribution in [0, 0.1) is 12.8 Å². The second-order valence-electron chi connectivity index (χ2n) is 6.33. The molecule has 21 heavy (non-hydrogen) atoms. The van der Waals surface area contributed by atoms with Crippen molar-refractivity contribution in [1.29, 1.82) is 0 Å². The molecule has 0 unspecified atom stereocenters. The van der Waals surface area contributed by atoms with Gasteiger partial charge >= 0.3 is 0 Å². The largest absolute Gasteiger partial charge is 0.356 e. The molecule has 3 heterocycles. The summed E-state index contributed by atoms with van der Waals surface area (Å²) in [5.41, 5.74) is 0.555. The summed E-state index contributed by atoms with van der Waals surface area (Å²) < 4.78 is 0. The molecule has 0 bridgehead atoms. The molecule has 2 fully saturated rings. The van der Waals surface area contributed by atoms with Gasteiger partial charge in [-0.25, -0.2) is 9.97 Å². The molecule has 2 saturated heterocycles. The van der Waals surface area contributed by atoms with Gasteiger partial charge in [0.2, 0.25) is 0 Å². The maximum atomic E-state index is 12.6. The zero-order valence-electron chi connectivity index (χ0n) is 13.0. The van der Waals surface area contributed by atoms with Crippen LogP contribution in [-0.2, 0) is 0 Å². The zero-order chi connectivity index (χ0) is 14.8. The zero-order valence-corrected chi connectivity index (χ0v) is 13.0. The van der Waals surface area contributed by atoms with E-state index >= 15 is 0 Å². The van der Waals surface area contributed by atoms with Crippen molar-refractivity contribution in [1.82, 2.24) is 14.9 Å². The van der Waals surface area contributed by atoms with Crippen LogP contribution in [0.2, 0.25) is 0 Å². The van der Waals surface area contributed by atoms with E-state index in [0.717, 1.165) is 50.8 Å². The minimum atomic E-state index is 0.0628. The third-order valence-electron chi connectivity index (χ3n) is 4.54. The second kappa shape index (κ2) is 6.00. The Morgan fingerprint density at radius 2 is 1.81 bits per heavy atom. The Labute approximate surface area is 126 Å². The van der Waals surface area contributed by atoms with E-state index in [1.807, 2.05) is 17.9 Å². The van der Waals surface area contributed by atoms with Crippen LogP contribution in [0.5, 0.6) is 0 Å². The van der Waals surface area contributed by atoms with Gasteiger partial charge in [-0.05, 0) is 38.5 Å². The van der Waals surface area contributed by atoms with Crippen molar-refractivity contribution < 1.29 is 4.79 Å². The summed E-state index contributed by atoms with van der Waals surface area (Å²) in [5.74, 6) is 2.39. The maximum absolute atomic E-state index is 12.6. The molecule has 0 spiro atoms. The van der Waals surface area contributed by atoms with Crippen LogP contribution in [0.15, 0.2) is 6.07 Å². The van der Waals surface area contributed by atoms with E-state index in [4.69, 9.17) is 0 Å². The summed E-state index contributed by atoms with van der Waals surface area (Å²) in [7, 11) is 0. The van der Waals surface area contributed by atoms with Crippen LogP contribution >= 0.6 is 0 Å². The Bertz CT molecular complexity index is 517. The first-order valence-corrected chi connectivity index (χ1v) is 8.03. The molecule has 1 aromatic heterocycles. The number of rotatable bonds is 2. The first kappa shape index (κ1) is 14.3. The average Bonchev–Trinajstić information content (AvgIpc) is 3.01. The van der Waals surface area contributed by atoms with E-state index in [-0.39, 0.29) is 5.91 Å². The average molecular weight is 288 g/mol. The molecular formula is C16H24N4O. The highest BCUT2D eigenvalue weighted by molar-refractivity contribution is 5.93. The molecule has 2 aliphatic heterocycles. The molecule has 1 amide bonds. The molecule has 5 nitrogen and oxygen atoms in total. The maximum Gasteiger partial charge on any atom is 0.272 e. The fourth-order valence-corrected chi connectivity index (χ4v) is 3.14. The smallest absolute Gasteiger partial charge is 0.272 e. The lowest BCUT2D eigenvalue weighted by Gasteiger charge is -2.30. The molecule has 0 aromatic carbocycles. The number of anilines is 1. The fraction of sp³-hybridized carbons (Fsp3) is 0.688. The highest BCUT2D eigenvalue weighted by atomic mass is 16.2. The van der Waals surface area contributed by atoms with Crippen molar-refractivity contribution in [2.24, 2.45) is 5.92 Å². The summed E-state index contributed by atoms with van der Waals surface area (Å²) in [5, 5.41) is 0. The van der Waals surface area contributed by atoms with Gasteiger partial charge in [0.15, 0.2) is 0 Å². The lowest BCUT2D eigenvalue weighted by atomic mass is 9.99. The first-order chi connectivity index (χ1) is 10.1. The Morgan fingerprint density at radius 1 is 1.14 bits per heavy atom. The van der Waals surface area contributed by atoms with Gasteiger partial charge in [-0.2, -0.15) is 0 Å². The number of hydrogen-bond donors (Lipinski definition) is 0. The van der Waals surface area contributed by atoms with E-state index in [0.29, 0.717) is 11.5 Å². The molecule has 0 N–H and O–H groups in total. The van der Waals surface area contributed by atoms with Crippen molar-refractivity contribution in [3.8, 4) is 0 Å². The quantitative estimate of drug-likeness (QED) is 0.837. The van der Waals surface area contributed by atoms with Gasteiger partial charge < -0.3 is 9.80 Å². The van der Waals surface area contributed by atoms with Gasteiger partial charge in [-0.3, -0.25) is 4.79 Å². The van der Waals surface area contributed by atoms with E-state index in [1.165, 1.54) is 12.8 Å². The minimum Gasteiger partial charge on any atom is -0.356 e. The Kier molecular flexibility index (Phi) is 4.08. The van der Waals surface area contributed by atoms with Gasteiger partial charge in [0.25, 0.3) is 5.91 Å². The Balaban J connectivity index is 1.79. The first-order valence-electron chi connectivity index (χ1n) is 8.03. The van der Waals surface area contributed by atoms with Crippen LogP contribution in [0.3, 0.4) is 0 Å². The van der Waals surface area contributed by atoms with Gasteiger partial charge in [-0.15, -0.1) is 0 Å². The van der Waals surface area contributed by atoms with E-state index in [2.05, 4.69) is 21.8 Å². The fourth-order valence-electron chi connectivity index (χ4n) is 3.14. The van der Waals surface area contributed by atoms with Crippen LogP contribution in [0.25, 0.3) is 0 Å². The van der Waals surface area contributed by atoms with Crippen molar-refractivity contribution in [2.45, 2.75) is 39.5 Å². The van der Waals surface area contributed by atoms with Crippen molar-refractivity contribution >= 4 is 11.7 Å². The van der Waals surface area contributed by atoms with E-state index in [1.54, 1.807) is 0 Å². The summed E-state index contributed by atoms with van der Waals surface area (Å²) in [6.07, 6.45) is 4.59. The molecular weight excluding hydrogens is 264 g/mol. The number of nitrogens with zero attached hydrogens (tertiary/aromatic N) is 4. The Hall–Kier alpha value is -1.65. The van der Waals surface area contributed by atoms with E-state index < -0.39 is 0 Å². The SMILES string of the molecule is Cc1nc(C(=O)N2CCC(C)CC2)cc(N2CCCC2)n1. The Morgan fingerprint density at radius 3 is 2.48 bits per heavy atom. The standard InChI is InChI=1S/C16H24N4O/c1-12-5-9-20(10-6-12)16(21)14-11-15(18-13(2)17-14)19-7-3-4-8-19/h11-12H,3-10H2,1-2H3. The van der Waals surface area contributed by atoms with Crippen LogP contribution in [0.1, 0.15) is 48.9 Å². The van der Waals surface area contributed by atoms with Gasteiger partial charge in [-0.1, -0.05) is 6.92 Å². The molecule has 0 aliphatic carbocycles. The highest BCUT2D eigenvalue weighted by Crippen LogP contribution is 2.21. The van der Waals surface area contributed by atoms with Gasteiger partial charge in [0.05, 0.1) is 0 Å². The normalized spacial score (nSPS) is 20.1. The third-order valence-corrected chi connectivity index (χ3v) is 4.54. The topological polar surface area (TPSA) is 49.3 Å². The van der Waals surface area contributed by atoms with Gasteiger partial charge in [0, 0.05) is 32.2 Å². The number of hydrogen-bond acceptors (Lipinski definition) is 4. The van der Waals surface area contributed by atoms with E-state index in [9.17, 15) is 4.79 Å². The molecule has 2 aliphatic rings. The van der Waals surface area contributed by atoms with Crippen LogP contribution < -0.4 is 4.90 Å². The number of amides is 1. The molecule has 0 atom stereocenters. The van der Waals surface area contributed by atoms with Crippen LogP contribution in [0.4, 0.5) is 5.82 Å². The second-order valence-corrected chi connectivity index (χ2v) is 6.33. The van der Waals surface area contributed by atoms with Crippen molar-refractivity contribution in [2.75, 3.05) is 31.1 Å². The predicted octanol–water partition coefficient (Wildman–Crippen LogP) is 2.26. The lowest BCUT2D eigenvalue weighted by molar-refractivity contribution is 0.0691. The molecule has 0 radical (unpaired) electrons. The molecule has 1 aromatic rings. The highest BCUT2D eigenvalue weighted by Gasteiger charge is 2.24. The van der Waals surface area contributed by atoms with Gasteiger partial charge in [0.1, 0.15) is 17.3 Å². The molecule has 114 valence electrons. The number of carbonyl (C=O) groups excluding carboxylic acids is 1. The third kappa shape index (κ3) is 3.17. The number of aromatic nitrogens is 2. The number of aryl methyl sites for hydroxylation is 1. The minimum absolute atomic E-state index is 0.0628. The predicted molar refractivity (Wildman–Crippen MR) is 82.5 cm³/mol. The summed E-state index contributed by atoms with van der Waals surface area (Å²) in [6, 6.07) is 1.87. The number of likely N-dealkylation sites (tertiary alicyclic amines) is 1. The molecule has 5 heteroatoms. The van der Waals surface area contributed by atoms with Crippen LogP contribution in [-0.4, -0.2) is 47.0 Å². The molecule has 3 rings (SSSR count). The summed E-state index contributed by atoms with van der Waals surface area (Å²) in [6.45, 7) is 7.89. The van der Waals surface area contributed by atoms with Crippen molar-refractivity contribution in [3.05, 3.63) is 17.6 Å². The molecule has 0 saturated carbocycles. The lowest BCUT2D eigenvalue weighted by Crippen LogP contribution is -2.38. The summed E-state index contributed by atoms with van der Waals surface area (Å²) >= 11 is 0. The number of carbonyl (C=O) groups is 1. The number of piperidine rings is 1.